The van der Waals surface area contributed by atoms with Gasteiger partial charge in [-0.15, -0.1) is 0 Å². The van der Waals surface area contributed by atoms with E-state index in [4.69, 9.17) is 16.3 Å². The summed E-state index contributed by atoms with van der Waals surface area (Å²) < 4.78 is 7.56. The van der Waals surface area contributed by atoms with Gasteiger partial charge in [0.1, 0.15) is 0 Å². The molecule has 0 saturated carbocycles. The first kappa shape index (κ1) is 22.0. The van der Waals surface area contributed by atoms with Gasteiger partial charge in [0.25, 0.3) is 11.5 Å². The van der Waals surface area contributed by atoms with Gasteiger partial charge < -0.3 is 10.1 Å². The topological polar surface area (TPSA) is 95.2 Å². The highest BCUT2D eigenvalue weighted by Crippen LogP contribution is 2.13. The van der Waals surface area contributed by atoms with Crippen LogP contribution in [0.15, 0.2) is 58.1 Å². The Bertz CT molecular complexity index is 1240. The summed E-state index contributed by atoms with van der Waals surface area (Å²) in [6, 6.07) is 14.0. The molecule has 0 spiro atoms. The Hall–Kier alpha value is -3.23. The fourth-order valence-corrected chi connectivity index (χ4v) is 3.73. The first-order valence-corrected chi connectivity index (χ1v) is 10.8. The molecule has 0 aliphatic carbocycles. The third-order valence-electron chi connectivity index (χ3n) is 5.30. The molecule has 1 fully saturated rings. The standard InChI is InChI=1S/C23H23ClN4O4/c1-15-7-9-16(10-8-15)14-27-22(30)20(21(29)25-13-19-6-3-11-32-19)26-28(23(27)31)18-5-2-4-17(24)12-18/h2,4-5,7-10,12,19H,3,6,11,13-14H2,1H3,(H,25,29)/t19-/m0/s1. The number of aromatic nitrogens is 3. The van der Waals surface area contributed by atoms with Crippen molar-refractivity contribution in [2.45, 2.75) is 32.4 Å². The molecule has 9 heteroatoms. The largest absolute Gasteiger partial charge is 0.376 e. The van der Waals surface area contributed by atoms with Gasteiger partial charge in [-0.2, -0.15) is 9.78 Å². The summed E-state index contributed by atoms with van der Waals surface area (Å²) in [5, 5.41) is 7.21. The van der Waals surface area contributed by atoms with Crippen LogP contribution >= 0.6 is 11.6 Å². The average Bonchev–Trinajstić information content (AvgIpc) is 3.30. The van der Waals surface area contributed by atoms with Gasteiger partial charge in [-0.1, -0.05) is 47.5 Å². The molecule has 32 heavy (non-hydrogen) atoms. The van der Waals surface area contributed by atoms with Crippen LogP contribution in [-0.2, 0) is 11.3 Å². The second-order valence-electron chi connectivity index (χ2n) is 7.74. The van der Waals surface area contributed by atoms with Crippen LogP contribution in [0.5, 0.6) is 0 Å². The lowest BCUT2D eigenvalue weighted by Gasteiger charge is -2.14. The maximum Gasteiger partial charge on any atom is 0.352 e. The van der Waals surface area contributed by atoms with Gasteiger partial charge in [-0.05, 0) is 43.5 Å². The predicted molar refractivity (Wildman–Crippen MR) is 121 cm³/mol. The Labute approximate surface area is 189 Å². The quantitative estimate of drug-likeness (QED) is 0.616. The van der Waals surface area contributed by atoms with E-state index < -0.39 is 17.2 Å². The van der Waals surface area contributed by atoms with Gasteiger partial charge in [-0.25, -0.2) is 4.79 Å². The van der Waals surface area contributed by atoms with E-state index in [0.717, 1.165) is 33.2 Å². The molecule has 3 aromatic rings. The minimum absolute atomic E-state index is 0.00699. The minimum Gasteiger partial charge on any atom is -0.376 e. The van der Waals surface area contributed by atoms with E-state index in [1.165, 1.54) is 0 Å². The summed E-state index contributed by atoms with van der Waals surface area (Å²) in [5.74, 6) is -0.654. The molecule has 1 aromatic heterocycles. The van der Waals surface area contributed by atoms with Crippen molar-refractivity contribution in [3.63, 3.8) is 0 Å². The molecule has 0 bridgehead atoms. The molecule has 166 valence electrons. The van der Waals surface area contributed by atoms with E-state index in [1.54, 1.807) is 24.3 Å². The number of hydrogen-bond donors (Lipinski definition) is 1. The number of rotatable bonds is 6. The lowest BCUT2D eigenvalue weighted by Crippen LogP contribution is -2.46. The Kier molecular flexibility index (Phi) is 6.53. The molecule has 2 aromatic carbocycles. The fraction of sp³-hybridized carbons (Fsp3) is 0.304. The maximum absolute atomic E-state index is 13.2. The van der Waals surface area contributed by atoms with Crippen molar-refractivity contribution < 1.29 is 9.53 Å². The van der Waals surface area contributed by atoms with Crippen LogP contribution in [0.4, 0.5) is 0 Å². The molecule has 1 saturated heterocycles. The van der Waals surface area contributed by atoms with Crippen molar-refractivity contribution in [2.75, 3.05) is 13.2 Å². The molecule has 0 radical (unpaired) electrons. The summed E-state index contributed by atoms with van der Waals surface area (Å²) >= 11 is 6.08. The average molecular weight is 455 g/mol. The zero-order chi connectivity index (χ0) is 22.7. The lowest BCUT2D eigenvalue weighted by atomic mass is 10.1. The number of nitrogens with one attached hydrogen (secondary N) is 1. The number of carbonyl (C=O) groups excluding carboxylic acids is 1. The highest BCUT2D eigenvalue weighted by atomic mass is 35.5. The van der Waals surface area contributed by atoms with Crippen LogP contribution in [0, 0.1) is 6.92 Å². The van der Waals surface area contributed by atoms with Gasteiger partial charge in [0.15, 0.2) is 0 Å². The summed E-state index contributed by atoms with van der Waals surface area (Å²) in [4.78, 5) is 39.2. The maximum atomic E-state index is 13.2. The van der Waals surface area contributed by atoms with E-state index in [2.05, 4.69) is 10.4 Å². The molecule has 1 amide bonds. The minimum atomic E-state index is -0.751. The number of carbonyl (C=O) groups is 1. The first-order valence-electron chi connectivity index (χ1n) is 10.4. The van der Waals surface area contributed by atoms with E-state index >= 15 is 0 Å². The third kappa shape index (κ3) is 4.81. The van der Waals surface area contributed by atoms with E-state index in [9.17, 15) is 14.4 Å². The third-order valence-corrected chi connectivity index (χ3v) is 5.54. The number of hydrogen-bond acceptors (Lipinski definition) is 5. The van der Waals surface area contributed by atoms with E-state index in [1.807, 2.05) is 31.2 Å². The molecule has 1 aliphatic rings. The van der Waals surface area contributed by atoms with Crippen molar-refractivity contribution in [2.24, 2.45) is 0 Å². The summed E-state index contributed by atoms with van der Waals surface area (Å²) in [7, 11) is 0. The van der Waals surface area contributed by atoms with Crippen LogP contribution in [0.3, 0.4) is 0 Å². The van der Waals surface area contributed by atoms with Crippen molar-refractivity contribution in [3.05, 3.63) is 91.2 Å². The number of nitrogens with zero attached hydrogens (tertiary/aromatic N) is 3. The van der Waals surface area contributed by atoms with Gasteiger partial charge in [0.05, 0.1) is 18.3 Å². The molecule has 4 rings (SSSR count). The Morgan fingerprint density at radius 1 is 1.22 bits per heavy atom. The van der Waals surface area contributed by atoms with Crippen LogP contribution in [0.25, 0.3) is 5.69 Å². The fourth-order valence-electron chi connectivity index (χ4n) is 3.54. The highest BCUT2D eigenvalue weighted by molar-refractivity contribution is 6.30. The van der Waals surface area contributed by atoms with Gasteiger partial charge >= 0.3 is 5.69 Å². The number of aryl methyl sites for hydroxylation is 1. The van der Waals surface area contributed by atoms with Gasteiger partial charge in [-0.3, -0.25) is 14.2 Å². The van der Waals surface area contributed by atoms with Crippen molar-refractivity contribution in [1.29, 1.82) is 0 Å². The molecule has 2 heterocycles. The van der Waals surface area contributed by atoms with Crippen LogP contribution < -0.4 is 16.6 Å². The summed E-state index contributed by atoms with van der Waals surface area (Å²) in [5.41, 5.74) is 0.390. The number of benzene rings is 2. The monoisotopic (exact) mass is 454 g/mol. The van der Waals surface area contributed by atoms with Crippen LogP contribution in [-0.4, -0.2) is 39.5 Å². The Morgan fingerprint density at radius 2 is 2.00 bits per heavy atom. The number of halogens is 1. The second kappa shape index (κ2) is 9.50. The zero-order valence-corrected chi connectivity index (χ0v) is 18.3. The smallest absolute Gasteiger partial charge is 0.352 e. The summed E-state index contributed by atoms with van der Waals surface area (Å²) in [6.45, 7) is 2.88. The van der Waals surface area contributed by atoms with E-state index in [0.29, 0.717) is 17.3 Å². The van der Waals surface area contributed by atoms with Crippen LogP contribution in [0.1, 0.15) is 34.5 Å². The number of ether oxygens (including phenoxy) is 1. The Morgan fingerprint density at radius 3 is 2.69 bits per heavy atom. The molecule has 0 unspecified atom stereocenters. The van der Waals surface area contributed by atoms with Crippen molar-refractivity contribution in [3.8, 4) is 5.69 Å². The van der Waals surface area contributed by atoms with Crippen molar-refractivity contribution >= 4 is 17.5 Å². The molecular formula is C23H23ClN4O4. The molecule has 1 atom stereocenters. The highest BCUT2D eigenvalue weighted by Gasteiger charge is 2.22. The van der Waals surface area contributed by atoms with Crippen molar-refractivity contribution in [1.82, 2.24) is 19.7 Å². The summed E-state index contributed by atoms with van der Waals surface area (Å²) in [6.07, 6.45) is 1.68. The van der Waals surface area contributed by atoms with Crippen LogP contribution in [0.2, 0.25) is 5.02 Å². The molecular weight excluding hydrogens is 432 g/mol. The zero-order valence-electron chi connectivity index (χ0n) is 17.6. The molecule has 1 aliphatic heterocycles. The van der Waals surface area contributed by atoms with Gasteiger partial charge in [0.2, 0.25) is 5.69 Å². The van der Waals surface area contributed by atoms with E-state index in [-0.39, 0.29) is 24.9 Å². The Balaban J connectivity index is 1.76. The lowest BCUT2D eigenvalue weighted by molar-refractivity contribution is 0.0849. The first-order chi connectivity index (χ1) is 15.4. The molecule has 8 nitrogen and oxygen atoms in total. The predicted octanol–water partition coefficient (Wildman–Crippen LogP) is 2.31. The normalized spacial score (nSPS) is 15.6. The van der Waals surface area contributed by atoms with Gasteiger partial charge in [0, 0.05) is 18.2 Å². The molecule has 1 N–H and O–H groups in total. The SMILES string of the molecule is Cc1ccc(Cn2c(=O)c(C(=O)NC[C@@H]3CCCO3)nn(-c3cccc(Cl)c3)c2=O)cc1. The second-order valence-corrected chi connectivity index (χ2v) is 8.18. The number of amides is 1.